The van der Waals surface area contributed by atoms with E-state index in [1.54, 1.807) is 6.07 Å². The van der Waals surface area contributed by atoms with Crippen LogP contribution in [0.5, 0.6) is 5.75 Å². The van der Waals surface area contributed by atoms with Gasteiger partial charge in [-0.15, -0.1) is 0 Å². The van der Waals surface area contributed by atoms with E-state index >= 15 is 0 Å². The number of aryl methyl sites for hydroxylation is 3. The number of hydrogen-bond donors (Lipinski definition) is 1. The predicted molar refractivity (Wildman–Crippen MR) is 267 cm³/mol. The van der Waals surface area contributed by atoms with Crippen molar-refractivity contribution >= 4 is 11.0 Å². The number of hydrogen-bond acceptors (Lipinski definition) is 3. The molecule has 0 fully saturated rings. The molecule has 63 heavy (non-hydrogen) atoms. The maximum absolute atomic E-state index is 12.0. The second-order valence-corrected chi connectivity index (χ2v) is 19.8. The lowest BCUT2D eigenvalue weighted by Crippen LogP contribution is -2.12. The summed E-state index contributed by atoms with van der Waals surface area (Å²) < 4.78 is 46.9. The number of benzene rings is 6. The average Bonchev–Trinajstić information content (AvgIpc) is 3.65. The summed E-state index contributed by atoms with van der Waals surface area (Å²) in [4.78, 5) is 10.4. The van der Waals surface area contributed by atoms with E-state index in [0.717, 1.165) is 61.3 Å². The highest BCUT2D eigenvalue weighted by Gasteiger charge is 2.26. The molecule has 6 aromatic carbocycles. The van der Waals surface area contributed by atoms with Gasteiger partial charge in [0, 0.05) is 24.2 Å². The molecule has 0 aliphatic heterocycles. The highest BCUT2D eigenvalue weighted by molar-refractivity contribution is 5.97. The number of aromatic hydroxyl groups is 1. The maximum Gasteiger partial charge on any atom is 0.149 e. The topological polar surface area (TPSA) is 50.9 Å². The van der Waals surface area contributed by atoms with Gasteiger partial charge in [-0.3, -0.25) is 9.55 Å². The maximum atomic E-state index is 12.0. The molecule has 4 nitrogen and oxygen atoms in total. The summed E-state index contributed by atoms with van der Waals surface area (Å²) in [5.41, 5.74) is 14.4. The van der Waals surface area contributed by atoms with Gasteiger partial charge in [0.2, 0.25) is 0 Å². The van der Waals surface area contributed by atoms with Crippen molar-refractivity contribution in [1.29, 1.82) is 0 Å². The number of para-hydroxylation sites is 1. The quantitative estimate of drug-likeness (QED) is 0.166. The standard InChI is InChI=1S/C59H63N3O/c1-35(2)43-27-44(36(3)4)29-45(28-43)41-21-22-53(38(6)25-41)62-54-16-14-15-50(55(54)61-57(62)51-34-48(58(8,9)10)26-39(7)56(51)63)46-30-47(32-49(31-46)59(11,12)13)52-33-42(23-24-60-52)40-19-17-37(5)18-20-40/h14-36,63H,1-13H3/i6D3,35D,36D. The highest BCUT2D eigenvalue weighted by atomic mass is 16.3. The molecule has 2 heterocycles. The monoisotopic (exact) mass is 835 g/mol. The van der Waals surface area contributed by atoms with Crippen molar-refractivity contribution in [3.63, 3.8) is 0 Å². The third-order valence-electron chi connectivity index (χ3n) is 12.3. The lowest BCUT2D eigenvalue weighted by molar-refractivity contribution is 0.471. The van der Waals surface area contributed by atoms with Crippen molar-refractivity contribution in [2.75, 3.05) is 0 Å². The van der Waals surface area contributed by atoms with Crippen LogP contribution >= 0.6 is 0 Å². The second kappa shape index (κ2) is 16.5. The zero-order chi connectivity index (χ0) is 49.5. The van der Waals surface area contributed by atoms with E-state index in [0.29, 0.717) is 39.2 Å². The molecule has 0 radical (unpaired) electrons. The van der Waals surface area contributed by atoms with Gasteiger partial charge in [0.1, 0.15) is 11.6 Å². The van der Waals surface area contributed by atoms with Crippen LogP contribution < -0.4 is 0 Å². The Morgan fingerprint density at radius 1 is 0.587 bits per heavy atom. The van der Waals surface area contributed by atoms with E-state index in [2.05, 4.69) is 103 Å². The minimum absolute atomic E-state index is 0.0695. The Kier molecular flexibility index (Phi) is 9.75. The van der Waals surface area contributed by atoms with Gasteiger partial charge >= 0.3 is 0 Å². The van der Waals surface area contributed by atoms with E-state index in [-0.39, 0.29) is 22.1 Å². The molecule has 0 unspecified atom stereocenters. The van der Waals surface area contributed by atoms with Crippen molar-refractivity contribution in [2.24, 2.45) is 0 Å². The van der Waals surface area contributed by atoms with Gasteiger partial charge in [0.05, 0.1) is 28.0 Å². The van der Waals surface area contributed by atoms with Crippen LogP contribution in [0.2, 0.25) is 0 Å². The fourth-order valence-corrected chi connectivity index (χ4v) is 8.30. The van der Waals surface area contributed by atoms with Crippen LogP contribution in [0.4, 0.5) is 0 Å². The molecular weight excluding hydrogens is 767 g/mol. The van der Waals surface area contributed by atoms with E-state index in [1.165, 1.54) is 5.56 Å². The average molecular weight is 835 g/mol. The zero-order valence-corrected chi connectivity index (χ0v) is 38.9. The minimum Gasteiger partial charge on any atom is -0.507 e. The SMILES string of the molecule is [2H]C([2H])([2H])c1cc(-c2cc(C([2H])(C)C)cc(C([2H])(C)C)c2)ccc1-n1c(-c2cc(C(C)(C)C)cc(C)c2O)nc2c(-c3cc(-c4cc(-c5ccc(C)cc5)ccn4)cc(C(C)(C)C)c3)cccc21. The van der Waals surface area contributed by atoms with Crippen molar-refractivity contribution < 1.29 is 12.0 Å². The molecule has 4 heteroatoms. The van der Waals surface area contributed by atoms with Gasteiger partial charge < -0.3 is 5.11 Å². The molecule has 0 spiro atoms. The number of phenols is 1. The summed E-state index contributed by atoms with van der Waals surface area (Å²) in [6, 6.07) is 40.5. The molecule has 320 valence electrons. The molecule has 0 aliphatic rings. The Morgan fingerprint density at radius 2 is 1.22 bits per heavy atom. The number of fused-ring (bicyclic) bond motifs is 1. The van der Waals surface area contributed by atoms with Crippen molar-refractivity contribution in [1.82, 2.24) is 14.5 Å². The van der Waals surface area contributed by atoms with Crippen LogP contribution in [0.1, 0.15) is 127 Å². The molecule has 0 amide bonds. The fourth-order valence-electron chi connectivity index (χ4n) is 8.30. The molecule has 8 aromatic rings. The molecule has 8 rings (SSSR count). The number of rotatable bonds is 8. The number of pyridine rings is 1. The normalized spacial score (nSPS) is 13.9. The van der Waals surface area contributed by atoms with Gasteiger partial charge in [-0.2, -0.15) is 0 Å². The third-order valence-corrected chi connectivity index (χ3v) is 12.3. The lowest BCUT2D eigenvalue weighted by Gasteiger charge is -2.22. The van der Waals surface area contributed by atoms with Gasteiger partial charge in [-0.1, -0.05) is 148 Å². The summed E-state index contributed by atoms with van der Waals surface area (Å²) in [6.45, 7) is 21.6. The summed E-state index contributed by atoms with van der Waals surface area (Å²) in [7, 11) is 0. The number of imidazole rings is 1. The summed E-state index contributed by atoms with van der Waals surface area (Å²) in [6.07, 6.45) is 1.86. The third kappa shape index (κ3) is 8.61. The Hall–Kier alpha value is -6.26. The van der Waals surface area contributed by atoms with Gasteiger partial charge in [0.25, 0.3) is 0 Å². The first-order chi connectivity index (χ1) is 31.6. The van der Waals surface area contributed by atoms with Gasteiger partial charge in [-0.25, -0.2) is 4.98 Å². The summed E-state index contributed by atoms with van der Waals surface area (Å²) in [5.74, 6) is -1.43. The second-order valence-electron chi connectivity index (χ2n) is 19.8. The first-order valence-electron chi connectivity index (χ1n) is 24.4. The zero-order valence-electron chi connectivity index (χ0n) is 43.9. The molecule has 0 saturated heterocycles. The molecule has 0 atom stereocenters. The molecular formula is C59H63N3O. The van der Waals surface area contributed by atoms with E-state index < -0.39 is 18.6 Å². The van der Waals surface area contributed by atoms with Crippen LogP contribution in [-0.2, 0) is 10.8 Å². The Balaban J connectivity index is 1.42. The van der Waals surface area contributed by atoms with Crippen molar-refractivity contribution in [3.05, 3.63) is 166 Å². The van der Waals surface area contributed by atoms with E-state index in [4.69, 9.17) is 16.8 Å². The largest absolute Gasteiger partial charge is 0.507 e. The molecule has 0 bridgehead atoms. The molecule has 1 N–H and O–H groups in total. The lowest BCUT2D eigenvalue weighted by atomic mass is 9.83. The Labute approximate surface area is 382 Å². The van der Waals surface area contributed by atoms with Crippen molar-refractivity contribution in [3.8, 4) is 67.5 Å². The molecule has 0 aliphatic carbocycles. The van der Waals surface area contributed by atoms with Crippen LogP contribution in [0.25, 0.3) is 72.7 Å². The van der Waals surface area contributed by atoms with E-state index in [9.17, 15) is 5.11 Å². The van der Waals surface area contributed by atoms with Gasteiger partial charge in [-0.05, 0) is 153 Å². The Morgan fingerprint density at radius 3 is 1.87 bits per heavy atom. The number of nitrogens with zero attached hydrogens (tertiary/aromatic N) is 3. The van der Waals surface area contributed by atoms with Crippen LogP contribution in [0.3, 0.4) is 0 Å². The smallest absolute Gasteiger partial charge is 0.149 e. The molecule has 0 saturated carbocycles. The number of phenolic OH excluding ortho intramolecular Hbond substituents is 1. The predicted octanol–water partition coefficient (Wildman–Crippen LogP) is 16.2. The van der Waals surface area contributed by atoms with Crippen molar-refractivity contribution in [2.45, 2.75) is 113 Å². The van der Waals surface area contributed by atoms with Crippen LogP contribution in [0.15, 0.2) is 128 Å². The summed E-state index contributed by atoms with van der Waals surface area (Å²) in [5, 5.41) is 12.0. The first kappa shape index (κ1) is 37.3. The highest BCUT2D eigenvalue weighted by Crippen LogP contribution is 2.43. The Bertz CT molecular complexity index is 3190. The first-order valence-corrected chi connectivity index (χ1v) is 21.9. The molecule has 2 aromatic heterocycles. The van der Waals surface area contributed by atoms with Crippen LogP contribution in [-0.4, -0.2) is 19.6 Å². The summed E-state index contributed by atoms with van der Waals surface area (Å²) >= 11 is 0. The minimum atomic E-state index is -2.58. The van der Waals surface area contributed by atoms with E-state index in [1.807, 2.05) is 106 Å². The van der Waals surface area contributed by atoms with Crippen LogP contribution in [0, 0.1) is 20.7 Å². The fraction of sp³-hybridized carbons (Fsp3) is 0.288. The van der Waals surface area contributed by atoms with Gasteiger partial charge in [0.15, 0.2) is 0 Å². The number of aromatic nitrogens is 3.